The number of hydrogen-bond acceptors (Lipinski definition) is 3. The van der Waals surface area contributed by atoms with Gasteiger partial charge in [-0.25, -0.2) is 0 Å². The molecule has 1 saturated carbocycles. The zero-order valence-corrected chi connectivity index (χ0v) is 14.9. The molecule has 0 N–H and O–H groups in total. The molecule has 0 radical (unpaired) electrons. The van der Waals surface area contributed by atoms with E-state index in [4.69, 9.17) is 21.1 Å². The van der Waals surface area contributed by atoms with Crippen molar-refractivity contribution in [3.8, 4) is 5.75 Å². The van der Waals surface area contributed by atoms with Crippen LogP contribution in [0.4, 0.5) is 0 Å². The Kier molecular flexibility index (Phi) is 7.22. The van der Waals surface area contributed by atoms with Gasteiger partial charge in [-0.1, -0.05) is 31.4 Å². The lowest BCUT2D eigenvalue weighted by atomic mass is 9.83. The van der Waals surface area contributed by atoms with Gasteiger partial charge < -0.3 is 9.47 Å². The van der Waals surface area contributed by atoms with E-state index in [1.165, 1.54) is 37.7 Å². The van der Waals surface area contributed by atoms with Crippen molar-refractivity contribution in [3.05, 3.63) is 29.3 Å². The van der Waals surface area contributed by atoms with Gasteiger partial charge in [0.15, 0.2) is 0 Å². The van der Waals surface area contributed by atoms with Crippen LogP contribution in [0.15, 0.2) is 18.2 Å². The second kappa shape index (κ2) is 9.17. The number of benzene rings is 1. The number of rotatable bonds is 7. The highest BCUT2D eigenvalue weighted by Gasteiger charge is 2.20. The molecule has 0 aliphatic heterocycles. The Hall–Kier alpha value is -1.22. The molecule has 1 aliphatic rings. The maximum atomic E-state index is 11.5. The smallest absolute Gasteiger partial charge is 0.307 e. The van der Waals surface area contributed by atoms with E-state index < -0.39 is 0 Å². The molecule has 1 aromatic rings. The predicted molar refractivity (Wildman–Crippen MR) is 93.4 cm³/mol. The van der Waals surface area contributed by atoms with Crippen molar-refractivity contribution in [2.45, 2.75) is 63.2 Å². The van der Waals surface area contributed by atoms with E-state index >= 15 is 0 Å². The first kappa shape index (κ1) is 18.1. The van der Waals surface area contributed by atoms with E-state index in [0.29, 0.717) is 18.9 Å². The average Bonchev–Trinajstić information content (AvgIpc) is 2.55. The standard InChI is InChI=1S/C19H27ClO3/c1-3-23-19(21)13-16(20)11-14-9-10-17(18(12-14)22-2)15-7-5-4-6-8-15/h9-10,12,15-16H,3-8,11,13H2,1-2H3. The van der Waals surface area contributed by atoms with Crippen LogP contribution in [-0.4, -0.2) is 25.1 Å². The highest BCUT2D eigenvalue weighted by atomic mass is 35.5. The predicted octanol–water partition coefficient (Wildman–Crippen LogP) is 4.85. The summed E-state index contributed by atoms with van der Waals surface area (Å²) in [5.74, 6) is 1.33. The van der Waals surface area contributed by atoms with Gasteiger partial charge in [-0.05, 0) is 49.3 Å². The number of carbonyl (C=O) groups is 1. The lowest BCUT2D eigenvalue weighted by molar-refractivity contribution is -0.143. The Morgan fingerprint density at radius 1 is 1.30 bits per heavy atom. The third-order valence-electron chi connectivity index (χ3n) is 4.49. The summed E-state index contributed by atoms with van der Waals surface area (Å²) >= 11 is 6.29. The number of halogens is 1. The summed E-state index contributed by atoms with van der Waals surface area (Å²) in [4.78, 5) is 11.5. The van der Waals surface area contributed by atoms with Crippen molar-refractivity contribution in [1.82, 2.24) is 0 Å². The van der Waals surface area contributed by atoms with Gasteiger partial charge in [-0.15, -0.1) is 11.6 Å². The largest absolute Gasteiger partial charge is 0.496 e. The van der Waals surface area contributed by atoms with Crippen LogP contribution in [-0.2, 0) is 16.0 Å². The number of carbonyl (C=O) groups excluding carboxylic acids is 1. The van der Waals surface area contributed by atoms with Crippen LogP contribution in [0.25, 0.3) is 0 Å². The Morgan fingerprint density at radius 2 is 2.04 bits per heavy atom. The van der Waals surface area contributed by atoms with Gasteiger partial charge in [-0.3, -0.25) is 4.79 Å². The lowest BCUT2D eigenvalue weighted by Gasteiger charge is -2.24. The van der Waals surface area contributed by atoms with Gasteiger partial charge >= 0.3 is 5.97 Å². The van der Waals surface area contributed by atoms with Crippen LogP contribution < -0.4 is 4.74 Å². The topological polar surface area (TPSA) is 35.5 Å². The Bertz CT molecular complexity index is 509. The normalized spacial score (nSPS) is 16.8. The first-order chi connectivity index (χ1) is 11.1. The minimum absolute atomic E-state index is 0.238. The Labute approximate surface area is 144 Å². The van der Waals surface area contributed by atoms with E-state index in [1.807, 2.05) is 0 Å². The average molecular weight is 339 g/mol. The molecule has 0 spiro atoms. The minimum Gasteiger partial charge on any atom is -0.496 e. The van der Waals surface area contributed by atoms with Gasteiger partial charge in [0.2, 0.25) is 0 Å². The van der Waals surface area contributed by atoms with Crippen molar-refractivity contribution in [2.75, 3.05) is 13.7 Å². The Morgan fingerprint density at radius 3 is 2.70 bits per heavy atom. The summed E-state index contributed by atoms with van der Waals surface area (Å²) in [7, 11) is 1.72. The summed E-state index contributed by atoms with van der Waals surface area (Å²) < 4.78 is 10.6. The molecule has 3 nitrogen and oxygen atoms in total. The van der Waals surface area contributed by atoms with E-state index in [1.54, 1.807) is 14.0 Å². The second-order valence-corrected chi connectivity index (χ2v) is 6.84. The van der Waals surface area contributed by atoms with Crippen molar-refractivity contribution in [3.63, 3.8) is 0 Å². The molecule has 1 aliphatic carbocycles. The molecule has 4 heteroatoms. The van der Waals surface area contributed by atoms with Gasteiger partial charge in [0.1, 0.15) is 5.75 Å². The quantitative estimate of drug-likeness (QED) is 0.527. The first-order valence-corrected chi connectivity index (χ1v) is 9.04. The molecule has 23 heavy (non-hydrogen) atoms. The van der Waals surface area contributed by atoms with Crippen LogP contribution >= 0.6 is 11.6 Å². The zero-order valence-electron chi connectivity index (χ0n) is 14.1. The monoisotopic (exact) mass is 338 g/mol. The molecule has 0 saturated heterocycles. The third kappa shape index (κ3) is 5.42. The first-order valence-electron chi connectivity index (χ1n) is 8.60. The van der Waals surface area contributed by atoms with E-state index in [9.17, 15) is 4.79 Å². The van der Waals surface area contributed by atoms with E-state index in [-0.39, 0.29) is 17.8 Å². The molecule has 128 valence electrons. The van der Waals surface area contributed by atoms with E-state index in [0.717, 1.165) is 11.3 Å². The molecule has 1 atom stereocenters. The fraction of sp³-hybridized carbons (Fsp3) is 0.632. The summed E-state index contributed by atoms with van der Waals surface area (Å²) in [6, 6.07) is 6.37. The molecule has 0 aromatic heterocycles. The zero-order chi connectivity index (χ0) is 16.7. The molecular formula is C19H27ClO3. The van der Waals surface area contributed by atoms with Gasteiger partial charge in [-0.2, -0.15) is 0 Å². The molecule has 0 bridgehead atoms. The van der Waals surface area contributed by atoms with Crippen molar-refractivity contribution in [2.24, 2.45) is 0 Å². The molecule has 1 fully saturated rings. The lowest BCUT2D eigenvalue weighted by Crippen LogP contribution is -2.14. The number of hydrogen-bond donors (Lipinski definition) is 0. The fourth-order valence-corrected chi connectivity index (χ4v) is 3.67. The number of esters is 1. The number of ether oxygens (including phenoxy) is 2. The molecule has 0 amide bonds. The fourth-order valence-electron chi connectivity index (χ4n) is 3.36. The number of methoxy groups -OCH3 is 1. The van der Waals surface area contributed by atoms with Gasteiger partial charge in [0.25, 0.3) is 0 Å². The maximum Gasteiger partial charge on any atom is 0.307 e. The third-order valence-corrected chi connectivity index (χ3v) is 4.80. The molecular weight excluding hydrogens is 312 g/mol. The molecule has 1 aromatic carbocycles. The van der Waals surface area contributed by atoms with Crippen LogP contribution in [0, 0.1) is 0 Å². The van der Waals surface area contributed by atoms with Crippen molar-refractivity contribution in [1.29, 1.82) is 0 Å². The SMILES string of the molecule is CCOC(=O)CC(Cl)Cc1ccc(C2CCCCC2)c(OC)c1. The highest BCUT2D eigenvalue weighted by Crippen LogP contribution is 2.38. The van der Waals surface area contributed by atoms with Crippen LogP contribution in [0.2, 0.25) is 0 Å². The minimum atomic E-state index is -0.251. The van der Waals surface area contributed by atoms with Crippen LogP contribution in [0.3, 0.4) is 0 Å². The van der Waals surface area contributed by atoms with E-state index in [2.05, 4.69) is 18.2 Å². The molecule has 1 unspecified atom stereocenters. The van der Waals surface area contributed by atoms with Gasteiger partial charge in [0, 0.05) is 5.38 Å². The van der Waals surface area contributed by atoms with Crippen LogP contribution in [0.1, 0.15) is 62.5 Å². The summed E-state index contributed by atoms with van der Waals surface area (Å²) in [6.07, 6.45) is 7.33. The van der Waals surface area contributed by atoms with Crippen molar-refractivity contribution >= 4 is 17.6 Å². The number of alkyl halides is 1. The summed E-state index contributed by atoms with van der Waals surface area (Å²) in [5, 5.41) is -0.251. The molecule has 0 heterocycles. The summed E-state index contributed by atoms with van der Waals surface area (Å²) in [5.41, 5.74) is 2.41. The Balaban J connectivity index is 2.01. The highest BCUT2D eigenvalue weighted by molar-refractivity contribution is 6.21. The van der Waals surface area contributed by atoms with Gasteiger partial charge in [0.05, 0.1) is 20.1 Å². The summed E-state index contributed by atoms with van der Waals surface area (Å²) in [6.45, 7) is 2.20. The van der Waals surface area contributed by atoms with Crippen LogP contribution in [0.5, 0.6) is 5.75 Å². The molecule has 2 rings (SSSR count). The second-order valence-electron chi connectivity index (χ2n) is 6.22. The van der Waals surface area contributed by atoms with Crippen molar-refractivity contribution < 1.29 is 14.3 Å². The maximum absolute atomic E-state index is 11.5.